The van der Waals surface area contributed by atoms with Gasteiger partial charge in [0, 0.05) is 12.7 Å². The van der Waals surface area contributed by atoms with E-state index >= 15 is 0 Å². The zero-order valence-corrected chi connectivity index (χ0v) is 25.1. The first-order valence-corrected chi connectivity index (χ1v) is 15.2. The van der Waals surface area contributed by atoms with E-state index in [4.69, 9.17) is 96.9 Å². The summed E-state index contributed by atoms with van der Waals surface area (Å²) in [5.74, 6) is 0. The van der Waals surface area contributed by atoms with E-state index in [9.17, 15) is 16.8 Å². The van der Waals surface area contributed by atoms with E-state index in [1.54, 1.807) is 30.3 Å². The Morgan fingerprint density at radius 1 is 0.842 bits per heavy atom. The summed E-state index contributed by atoms with van der Waals surface area (Å²) in [7, 11) is -8.79. The van der Waals surface area contributed by atoms with Crippen LogP contribution in [-0.4, -0.2) is 82.1 Å². The summed E-state index contributed by atoms with van der Waals surface area (Å²) < 4.78 is 88.1. The molecule has 1 aromatic rings. The lowest BCUT2D eigenvalue weighted by Gasteiger charge is -2.47. The van der Waals surface area contributed by atoms with Gasteiger partial charge in [-0.1, -0.05) is 99.9 Å². The number of alkyl halides is 6. The molecule has 2 aliphatic heterocycles. The minimum atomic E-state index is -4.97. The fourth-order valence-electron chi connectivity index (χ4n) is 3.33. The van der Waals surface area contributed by atoms with Gasteiger partial charge in [0.05, 0.1) is 6.61 Å². The van der Waals surface area contributed by atoms with Crippen LogP contribution in [0.1, 0.15) is 11.9 Å². The van der Waals surface area contributed by atoms with Crippen LogP contribution in [0.25, 0.3) is 0 Å². The number of methoxy groups -OCH3 is 1. The number of hydrogen-bond donors (Lipinski definition) is 0. The molecule has 218 valence electrons. The van der Waals surface area contributed by atoms with E-state index in [2.05, 4.69) is 8.37 Å². The van der Waals surface area contributed by atoms with Gasteiger partial charge in [-0.15, -0.1) is 0 Å². The van der Waals surface area contributed by atoms with Crippen LogP contribution >= 0.6 is 69.6 Å². The third-order valence-electron chi connectivity index (χ3n) is 4.78. The number of ether oxygens (including phenoxy) is 4. The van der Waals surface area contributed by atoms with Crippen LogP contribution in [0.15, 0.2) is 30.3 Å². The molecular formula is C18H20Cl6O12S2. The summed E-state index contributed by atoms with van der Waals surface area (Å²) in [5, 5.41) is 0. The topological polar surface area (TPSA) is 142 Å². The molecule has 3 rings (SSSR count). The average molecular weight is 705 g/mol. The Labute approximate surface area is 249 Å². The van der Waals surface area contributed by atoms with Crippen molar-refractivity contribution in [2.24, 2.45) is 0 Å². The predicted octanol–water partition coefficient (Wildman–Crippen LogP) is 3.51. The number of benzene rings is 1. The maximum Gasteiger partial charge on any atom is 0.400 e. The largest absolute Gasteiger partial charge is 0.400 e. The van der Waals surface area contributed by atoms with Gasteiger partial charge in [0.15, 0.2) is 18.7 Å². The fourth-order valence-corrected chi connectivity index (χ4v) is 5.77. The van der Waals surface area contributed by atoms with E-state index in [0.29, 0.717) is 5.56 Å². The van der Waals surface area contributed by atoms with Crippen LogP contribution in [-0.2, 0) is 56.5 Å². The van der Waals surface area contributed by atoms with Crippen molar-refractivity contribution in [3.63, 3.8) is 0 Å². The van der Waals surface area contributed by atoms with Crippen molar-refractivity contribution in [1.82, 2.24) is 0 Å². The van der Waals surface area contributed by atoms with E-state index in [0.717, 1.165) is 7.11 Å². The Balaban J connectivity index is 1.93. The fraction of sp³-hybridized carbons (Fsp3) is 0.667. The highest BCUT2D eigenvalue weighted by Crippen LogP contribution is 2.38. The van der Waals surface area contributed by atoms with Crippen LogP contribution in [0.3, 0.4) is 0 Å². The van der Waals surface area contributed by atoms with Gasteiger partial charge in [-0.3, -0.25) is 0 Å². The molecule has 0 aliphatic carbocycles. The van der Waals surface area contributed by atoms with Gasteiger partial charge in [-0.25, -0.2) is 16.7 Å². The predicted molar refractivity (Wildman–Crippen MR) is 136 cm³/mol. The van der Waals surface area contributed by atoms with Gasteiger partial charge in [-0.2, -0.15) is 16.8 Å². The van der Waals surface area contributed by atoms with Gasteiger partial charge in [0.1, 0.15) is 31.5 Å². The van der Waals surface area contributed by atoms with Crippen molar-refractivity contribution < 1.29 is 52.5 Å². The van der Waals surface area contributed by atoms with Gasteiger partial charge in [0.25, 0.3) is 0 Å². The van der Waals surface area contributed by atoms with Crippen molar-refractivity contribution >= 4 is 90.4 Å². The molecule has 1 aromatic carbocycles. The summed E-state index contributed by atoms with van der Waals surface area (Å²) in [6.07, 6.45) is -8.55. The highest BCUT2D eigenvalue weighted by atomic mass is 35.6. The lowest BCUT2D eigenvalue weighted by atomic mass is 9.98. The van der Waals surface area contributed by atoms with Gasteiger partial charge >= 0.3 is 20.8 Å². The number of halogens is 6. The van der Waals surface area contributed by atoms with Crippen molar-refractivity contribution in [2.45, 2.75) is 44.6 Å². The molecular weight excluding hydrogens is 685 g/mol. The molecule has 20 heteroatoms. The monoisotopic (exact) mass is 702 g/mol. The first-order valence-electron chi connectivity index (χ1n) is 10.3. The number of rotatable bonds is 10. The molecule has 0 N–H and O–H groups in total. The smallest absolute Gasteiger partial charge is 0.353 e. The molecule has 0 aromatic heterocycles. The first kappa shape index (κ1) is 33.0. The number of fused-ring (bicyclic) bond motifs is 1. The Bertz CT molecular complexity index is 1130. The molecule has 2 heterocycles. The van der Waals surface area contributed by atoms with Crippen molar-refractivity contribution in [3.8, 4) is 0 Å². The quantitative estimate of drug-likeness (QED) is 0.329. The van der Waals surface area contributed by atoms with Gasteiger partial charge in [0.2, 0.25) is 7.59 Å². The lowest BCUT2D eigenvalue weighted by Crippen LogP contribution is -2.64. The zero-order chi connectivity index (χ0) is 28.4. The van der Waals surface area contributed by atoms with Crippen LogP contribution < -0.4 is 0 Å². The molecule has 0 radical (unpaired) electrons. The molecule has 0 unspecified atom stereocenters. The Kier molecular flexibility index (Phi) is 11.5. The maximum absolute atomic E-state index is 12.7. The average Bonchev–Trinajstić information content (AvgIpc) is 2.82. The summed E-state index contributed by atoms with van der Waals surface area (Å²) in [5.41, 5.74) is 0.560. The van der Waals surface area contributed by atoms with Gasteiger partial charge < -0.3 is 18.9 Å². The second kappa shape index (κ2) is 13.2. The van der Waals surface area contributed by atoms with Gasteiger partial charge in [-0.05, 0) is 0 Å². The minimum Gasteiger partial charge on any atom is -0.353 e. The summed E-state index contributed by atoms with van der Waals surface area (Å²) in [4.78, 5) is 0. The molecule has 38 heavy (non-hydrogen) atoms. The third kappa shape index (κ3) is 10.1. The molecule has 0 amide bonds. The van der Waals surface area contributed by atoms with E-state index < -0.39 is 78.6 Å². The third-order valence-corrected chi connectivity index (χ3v) is 7.16. The highest BCUT2D eigenvalue weighted by molar-refractivity contribution is 7.82. The summed E-state index contributed by atoms with van der Waals surface area (Å²) >= 11 is 33.3. The van der Waals surface area contributed by atoms with E-state index in [1.165, 1.54) is 0 Å². The molecule has 2 fully saturated rings. The molecule has 0 spiro atoms. The normalized spacial score (nSPS) is 29.1. The van der Waals surface area contributed by atoms with E-state index in [1.807, 2.05) is 0 Å². The second-order valence-electron chi connectivity index (χ2n) is 7.65. The van der Waals surface area contributed by atoms with E-state index in [-0.39, 0.29) is 6.61 Å². The molecule has 12 nitrogen and oxygen atoms in total. The molecule has 2 saturated heterocycles. The Morgan fingerprint density at radius 2 is 1.37 bits per heavy atom. The highest BCUT2D eigenvalue weighted by Gasteiger charge is 2.55. The SMILES string of the molecule is CO[C@H]1O[C@@H]2CO[C@@H](c3ccccc3)O[C@H]2[C@H](OS(=O)(=O)OCC(Cl)(Cl)Cl)[C@H]1OS(=O)(=O)OCC(Cl)(Cl)Cl. The first-order chi connectivity index (χ1) is 17.5. The lowest BCUT2D eigenvalue weighted by molar-refractivity contribution is -0.352. The van der Waals surface area contributed by atoms with Crippen LogP contribution in [0.4, 0.5) is 0 Å². The molecule has 2 aliphatic rings. The van der Waals surface area contributed by atoms with Crippen molar-refractivity contribution in [2.75, 3.05) is 26.9 Å². The number of hydrogen-bond acceptors (Lipinski definition) is 12. The Morgan fingerprint density at radius 3 is 1.87 bits per heavy atom. The molecule has 0 saturated carbocycles. The van der Waals surface area contributed by atoms with Crippen molar-refractivity contribution in [1.29, 1.82) is 0 Å². The molecule has 6 atom stereocenters. The maximum atomic E-state index is 12.7. The van der Waals surface area contributed by atoms with Crippen LogP contribution in [0.5, 0.6) is 0 Å². The Hall–Kier alpha value is 0.540. The zero-order valence-electron chi connectivity index (χ0n) is 19.0. The summed E-state index contributed by atoms with van der Waals surface area (Å²) in [6, 6.07) is 8.57. The van der Waals surface area contributed by atoms with Crippen molar-refractivity contribution in [3.05, 3.63) is 35.9 Å². The minimum absolute atomic E-state index is 0.137. The van der Waals surface area contributed by atoms with Crippen LogP contribution in [0, 0.1) is 0 Å². The second-order valence-corrected chi connectivity index (χ2v) is 15.2. The standard InChI is InChI=1S/C18H20Cl6O12S2/c1-29-16-14(36-38(27,28)32-9-18(22,23)24)13(35-37(25,26)31-8-17(19,20)21)12-11(33-16)7-30-15(34-12)10-5-3-2-4-6-10/h2-6,11-16H,7-9H2,1H3/t11-,12-,13+,14-,15-,16+/m1/s1. The van der Waals surface area contributed by atoms with Crippen LogP contribution in [0.2, 0.25) is 0 Å². The summed E-state index contributed by atoms with van der Waals surface area (Å²) in [6.45, 7) is -2.01. The molecule has 0 bridgehead atoms.